The zero-order valence-electron chi connectivity index (χ0n) is 16.1. The largest absolute Gasteiger partial charge is 0.495 e. The van der Waals surface area contributed by atoms with E-state index in [1.807, 2.05) is 13.8 Å². The minimum absolute atomic E-state index is 0.0347. The molecule has 1 amide bonds. The van der Waals surface area contributed by atoms with Crippen LogP contribution in [0, 0.1) is 5.41 Å². The lowest BCUT2D eigenvalue weighted by molar-refractivity contribution is 0.0532. The van der Waals surface area contributed by atoms with E-state index in [0.29, 0.717) is 18.7 Å². The SMILES string of the molecule is COc1ccc(C(=O)N2CCC(N)C(C)(C)C2)cc1S(=O)(=O)NC(C)C. The van der Waals surface area contributed by atoms with E-state index in [0.717, 1.165) is 6.42 Å². The Kier molecular flexibility index (Phi) is 5.99. The highest BCUT2D eigenvalue weighted by atomic mass is 32.2. The van der Waals surface area contributed by atoms with Crippen molar-refractivity contribution in [2.45, 2.75) is 51.1 Å². The number of methoxy groups -OCH3 is 1. The number of likely N-dealkylation sites (tertiary alicyclic amines) is 1. The first-order chi connectivity index (χ1) is 12.0. The molecule has 0 saturated carbocycles. The number of hydrogen-bond donors (Lipinski definition) is 2. The molecule has 7 nitrogen and oxygen atoms in total. The molecule has 1 aliphatic heterocycles. The molecule has 146 valence electrons. The fourth-order valence-corrected chi connectivity index (χ4v) is 4.57. The van der Waals surface area contributed by atoms with E-state index in [2.05, 4.69) is 4.72 Å². The molecule has 3 N–H and O–H groups in total. The number of sulfonamides is 1. The van der Waals surface area contributed by atoms with E-state index in [1.165, 1.54) is 19.2 Å². The number of benzene rings is 1. The van der Waals surface area contributed by atoms with Crippen LogP contribution < -0.4 is 15.2 Å². The van der Waals surface area contributed by atoms with Gasteiger partial charge in [0.15, 0.2) is 0 Å². The summed E-state index contributed by atoms with van der Waals surface area (Å²) in [5, 5.41) is 0. The molecule has 0 spiro atoms. The van der Waals surface area contributed by atoms with Crippen LogP contribution in [0.5, 0.6) is 5.75 Å². The predicted octanol–water partition coefficient (Wildman–Crippen LogP) is 1.58. The fourth-order valence-electron chi connectivity index (χ4n) is 3.12. The number of amides is 1. The van der Waals surface area contributed by atoms with E-state index in [4.69, 9.17) is 10.5 Å². The van der Waals surface area contributed by atoms with Gasteiger partial charge in [-0.1, -0.05) is 13.8 Å². The Balaban J connectivity index is 2.36. The highest BCUT2D eigenvalue weighted by molar-refractivity contribution is 7.89. The summed E-state index contributed by atoms with van der Waals surface area (Å²) in [6.45, 7) is 8.63. The normalized spacial score (nSPS) is 20.3. The highest BCUT2D eigenvalue weighted by Crippen LogP contribution is 2.30. The van der Waals surface area contributed by atoms with Crippen LogP contribution in [-0.4, -0.2) is 51.5 Å². The number of carbonyl (C=O) groups excluding carboxylic acids is 1. The van der Waals surface area contributed by atoms with E-state index in [1.54, 1.807) is 24.8 Å². The molecule has 1 aliphatic rings. The quantitative estimate of drug-likeness (QED) is 0.804. The maximum absolute atomic E-state index is 12.9. The summed E-state index contributed by atoms with van der Waals surface area (Å²) >= 11 is 0. The van der Waals surface area contributed by atoms with E-state index in [9.17, 15) is 13.2 Å². The second-order valence-electron chi connectivity index (χ2n) is 7.75. The first kappa shape index (κ1) is 20.7. The number of ether oxygens (including phenoxy) is 1. The molecule has 2 rings (SSSR count). The van der Waals surface area contributed by atoms with Crippen molar-refractivity contribution in [2.75, 3.05) is 20.2 Å². The summed E-state index contributed by atoms with van der Waals surface area (Å²) in [5.74, 6) is 0.00400. The third-order valence-electron chi connectivity index (χ3n) is 4.69. The average molecular weight is 384 g/mol. The van der Waals surface area contributed by atoms with Gasteiger partial charge in [-0.3, -0.25) is 4.79 Å². The molecule has 1 fully saturated rings. The molecule has 8 heteroatoms. The average Bonchev–Trinajstić information content (AvgIpc) is 2.55. The van der Waals surface area contributed by atoms with Crippen molar-refractivity contribution >= 4 is 15.9 Å². The van der Waals surface area contributed by atoms with Gasteiger partial charge in [-0.15, -0.1) is 0 Å². The van der Waals surface area contributed by atoms with Crippen molar-refractivity contribution in [3.63, 3.8) is 0 Å². The van der Waals surface area contributed by atoms with Gasteiger partial charge in [0.25, 0.3) is 5.91 Å². The molecule has 1 saturated heterocycles. The minimum Gasteiger partial charge on any atom is -0.495 e. The molecular formula is C18H29N3O4S. The van der Waals surface area contributed by atoms with Gasteiger partial charge in [0, 0.05) is 30.7 Å². The summed E-state index contributed by atoms with van der Waals surface area (Å²) in [7, 11) is -2.38. The Labute approximate surface area is 155 Å². The van der Waals surface area contributed by atoms with Gasteiger partial charge in [-0.25, -0.2) is 13.1 Å². The number of nitrogens with zero attached hydrogens (tertiary/aromatic N) is 1. The number of hydrogen-bond acceptors (Lipinski definition) is 5. The van der Waals surface area contributed by atoms with Crippen molar-refractivity contribution in [3.05, 3.63) is 23.8 Å². The molecule has 0 radical (unpaired) electrons. The maximum atomic E-state index is 12.9. The molecule has 0 bridgehead atoms. The number of rotatable bonds is 5. The predicted molar refractivity (Wildman–Crippen MR) is 101 cm³/mol. The molecule has 0 aromatic heterocycles. The molecule has 1 heterocycles. The van der Waals surface area contributed by atoms with Crippen LogP contribution in [0.15, 0.2) is 23.1 Å². The number of nitrogens with two attached hydrogens (primary N) is 1. The van der Waals surface area contributed by atoms with Crippen molar-refractivity contribution in [3.8, 4) is 5.75 Å². The lowest BCUT2D eigenvalue weighted by atomic mass is 9.79. The summed E-state index contributed by atoms with van der Waals surface area (Å²) in [4.78, 5) is 14.6. The Hall–Kier alpha value is -1.64. The lowest BCUT2D eigenvalue weighted by Gasteiger charge is -2.42. The Morgan fingerprint density at radius 2 is 2.04 bits per heavy atom. The Morgan fingerprint density at radius 1 is 1.38 bits per heavy atom. The van der Waals surface area contributed by atoms with Gasteiger partial charge in [-0.2, -0.15) is 0 Å². The first-order valence-electron chi connectivity index (χ1n) is 8.73. The Morgan fingerprint density at radius 3 is 2.58 bits per heavy atom. The molecular weight excluding hydrogens is 354 g/mol. The zero-order chi connectivity index (χ0) is 19.7. The van der Waals surface area contributed by atoms with Gasteiger partial charge in [0.2, 0.25) is 10.0 Å². The van der Waals surface area contributed by atoms with Crippen molar-refractivity contribution < 1.29 is 17.9 Å². The molecule has 0 aliphatic carbocycles. The van der Waals surface area contributed by atoms with Crippen LogP contribution in [0.3, 0.4) is 0 Å². The van der Waals surface area contributed by atoms with Gasteiger partial charge < -0.3 is 15.4 Å². The second-order valence-corrected chi connectivity index (χ2v) is 9.43. The van der Waals surface area contributed by atoms with Crippen LogP contribution in [0.25, 0.3) is 0 Å². The number of nitrogens with one attached hydrogen (secondary N) is 1. The third kappa shape index (κ3) is 4.36. The van der Waals surface area contributed by atoms with Crippen LogP contribution in [0.2, 0.25) is 0 Å². The number of piperidine rings is 1. The van der Waals surface area contributed by atoms with Gasteiger partial charge in [0.05, 0.1) is 7.11 Å². The minimum atomic E-state index is -3.79. The van der Waals surface area contributed by atoms with Crippen molar-refractivity contribution in [1.82, 2.24) is 9.62 Å². The highest BCUT2D eigenvalue weighted by Gasteiger charge is 2.36. The van der Waals surface area contributed by atoms with E-state index in [-0.39, 0.29) is 34.1 Å². The smallest absolute Gasteiger partial charge is 0.253 e. The standard InChI is InChI=1S/C18H29N3O4S/c1-12(2)20-26(23,24)15-10-13(6-7-14(15)25-5)17(22)21-9-8-16(19)18(3,4)11-21/h6-7,10,12,16,20H,8-9,11,19H2,1-5H3. The van der Waals surface area contributed by atoms with E-state index < -0.39 is 10.0 Å². The van der Waals surface area contributed by atoms with Crippen LogP contribution in [0.1, 0.15) is 44.5 Å². The monoisotopic (exact) mass is 383 g/mol. The van der Waals surface area contributed by atoms with Gasteiger partial charge in [0.1, 0.15) is 10.6 Å². The van der Waals surface area contributed by atoms with Crippen LogP contribution in [-0.2, 0) is 10.0 Å². The topological polar surface area (TPSA) is 102 Å². The third-order valence-corrected chi connectivity index (χ3v) is 6.37. The first-order valence-corrected chi connectivity index (χ1v) is 10.2. The summed E-state index contributed by atoms with van der Waals surface area (Å²) < 4.78 is 32.9. The molecule has 1 atom stereocenters. The molecule has 1 aromatic rings. The second kappa shape index (κ2) is 7.54. The Bertz CT molecular complexity index is 775. The van der Waals surface area contributed by atoms with Crippen LogP contribution >= 0.6 is 0 Å². The maximum Gasteiger partial charge on any atom is 0.253 e. The molecule has 26 heavy (non-hydrogen) atoms. The van der Waals surface area contributed by atoms with E-state index >= 15 is 0 Å². The zero-order valence-corrected chi connectivity index (χ0v) is 16.9. The van der Waals surface area contributed by atoms with Crippen molar-refractivity contribution in [2.24, 2.45) is 11.1 Å². The van der Waals surface area contributed by atoms with Gasteiger partial charge >= 0.3 is 0 Å². The fraction of sp³-hybridized carbons (Fsp3) is 0.611. The summed E-state index contributed by atoms with van der Waals surface area (Å²) in [5.41, 5.74) is 6.27. The molecule has 1 unspecified atom stereocenters. The summed E-state index contributed by atoms with van der Waals surface area (Å²) in [6, 6.07) is 4.26. The number of carbonyl (C=O) groups is 1. The van der Waals surface area contributed by atoms with Gasteiger partial charge in [-0.05, 0) is 43.9 Å². The lowest BCUT2D eigenvalue weighted by Crippen LogP contribution is -2.54. The molecule has 1 aromatic carbocycles. The van der Waals surface area contributed by atoms with Crippen molar-refractivity contribution in [1.29, 1.82) is 0 Å². The van der Waals surface area contributed by atoms with Crippen LogP contribution in [0.4, 0.5) is 0 Å². The summed E-state index contributed by atoms with van der Waals surface area (Å²) in [6.07, 6.45) is 0.717.